The van der Waals surface area contributed by atoms with Crippen molar-refractivity contribution in [3.63, 3.8) is 0 Å². The zero-order valence-electron chi connectivity index (χ0n) is 17.8. The van der Waals surface area contributed by atoms with Crippen molar-refractivity contribution in [3.8, 4) is 5.75 Å². The highest BCUT2D eigenvalue weighted by molar-refractivity contribution is 8.19. The van der Waals surface area contributed by atoms with Crippen LogP contribution in [0.1, 0.15) is 31.1 Å². The lowest BCUT2D eigenvalue weighted by molar-refractivity contribution is -0.122. The van der Waals surface area contributed by atoms with E-state index < -0.39 is 0 Å². The molecule has 1 amide bonds. The second-order valence-electron chi connectivity index (χ2n) is 6.97. The molecule has 2 aromatic carbocycles. The van der Waals surface area contributed by atoms with Crippen molar-refractivity contribution in [3.05, 3.63) is 58.0 Å². The Hall–Kier alpha value is -2.71. The minimum atomic E-state index is -0.0466. The first-order valence-corrected chi connectivity index (χ1v) is 11.7. The van der Waals surface area contributed by atoms with E-state index >= 15 is 0 Å². The molecule has 4 rings (SSSR count). The van der Waals surface area contributed by atoms with Crippen molar-refractivity contribution in [2.45, 2.75) is 25.7 Å². The summed E-state index contributed by atoms with van der Waals surface area (Å²) in [5, 5.41) is 1.54. The number of nitrogens with zero attached hydrogens (tertiary/aromatic N) is 3. The first kappa shape index (κ1) is 21.5. The summed E-state index contributed by atoms with van der Waals surface area (Å²) in [4.78, 5) is 35.3. The molecule has 2 aromatic rings. The Bertz CT molecular complexity index is 1130. The molecule has 160 valence electrons. The van der Waals surface area contributed by atoms with Crippen molar-refractivity contribution in [1.82, 2.24) is 4.90 Å². The van der Waals surface area contributed by atoms with E-state index in [0.29, 0.717) is 27.9 Å². The highest BCUT2D eigenvalue weighted by atomic mass is 32.2. The molecule has 2 aliphatic rings. The SMILES string of the molecule is CCN1C(=O)/C(=C2/Sc3ccc(OC)cc3N2CC)SC1=Nc1cccc(C(C)=O)c1. The number of hydrogen-bond donors (Lipinski definition) is 0. The highest BCUT2D eigenvalue weighted by Gasteiger charge is 2.39. The predicted octanol–water partition coefficient (Wildman–Crippen LogP) is 5.28. The standard InChI is InChI=1S/C23H23N3O3S2/c1-5-25-18-13-17(29-4)10-11-19(18)30-22(25)20-21(28)26(6-2)23(31-20)24-16-9-7-8-15(12-16)14(3)27/h7-13H,5-6H2,1-4H3/b22-20-,24-23?. The Labute approximate surface area is 190 Å². The van der Waals surface area contributed by atoms with Gasteiger partial charge in [0.05, 0.1) is 18.5 Å². The molecule has 0 aromatic heterocycles. The van der Waals surface area contributed by atoms with Crippen LogP contribution < -0.4 is 9.64 Å². The number of Topliss-reactive ketones (excluding diaryl/α,β-unsaturated/α-hetero) is 1. The van der Waals surface area contributed by atoms with Crippen LogP contribution in [0.15, 0.2) is 62.3 Å². The number of hydrogen-bond acceptors (Lipinski definition) is 7. The number of ketones is 1. The number of amides is 1. The lowest BCUT2D eigenvalue weighted by Crippen LogP contribution is -2.29. The fourth-order valence-corrected chi connectivity index (χ4v) is 5.91. The van der Waals surface area contributed by atoms with Gasteiger partial charge in [-0.2, -0.15) is 0 Å². The smallest absolute Gasteiger partial charge is 0.269 e. The van der Waals surface area contributed by atoms with Crippen LogP contribution in [0.5, 0.6) is 5.75 Å². The molecular weight excluding hydrogens is 430 g/mol. The largest absolute Gasteiger partial charge is 0.497 e. The van der Waals surface area contributed by atoms with Crippen LogP contribution in [0.4, 0.5) is 11.4 Å². The molecule has 0 unspecified atom stereocenters. The number of methoxy groups -OCH3 is 1. The Morgan fingerprint density at radius 1 is 1.06 bits per heavy atom. The third-order valence-corrected chi connectivity index (χ3v) is 7.45. The molecule has 0 saturated carbocycles. The first-order chi connectivity index (χ1) is 15.0. The van der Waals surface area contributed by atoms with Gasteiger partial charge in [0, 0.05) is 29.6 Å². The van der Waals surface area contributed by atoms with Crippen molar-refractivity contribution in [2.24, 2.45) is 4.99 Å². The third-order valence-electron chi connectivity index (χ3n) is 5.08. The Balaban J connectivity index is 1.73. The summed E-state index contributed by atoms with van der Waals surface area (Å²) < 4.78 is 5.38. The fourth-order valence-electron chi connectivity index (χ4n) is 3.47. The zero-order valence-corrected chi connectivity index (χ0v) is 19.5. The Kier molecular flexibility index (Phi) is 6.11. The topological polar surface area (TPSA) is 62.2 Å². The molecule has 0 aliphatic carbocycles. The molecule has 31 heavy (non-hydrogen) atoms. The molecule has 0 bridgehead atoms. The number of benzene rings is 2. The van der Waals surface area contributed by atoms with E-state index in [9.17, 15) is 9.59 Å². The number of likely N-dealkylation sites (N-methyl/N-ethyl adjacent to an activating group) is 1. The van der Waals surface area contributed by atoms with Crippen molar-refractivity contribution in [2.75, 3.05) is 25.1 Å². The lowest BCUT2D eigenvalue weighted by Gasteiger charge is -2.19. The Morgan fingerprint density at radius 2 is 1.84 bits per heavy atom. The van der Waals surface area contributed by atoms with Gasteiger partial charge in [-0.3, -0.25) is 14.5 Å². The van der Waals surface area contributed by atoms with E-state index in [4.69, 9.17) is 9.73 Å². The molecule has 0 atom stereocenters. The number of amidine groups is 1. The lowest BCUT2D eigenvalue weighted by atomic mass is 10.1. The second-order valence-corrected chi connectivity index (χ2v) is 8.97. The van der Waals surface area contributed by atoms with E-state index in [2.05, 4.69) is 11.8 Å². The minimum absolute atomic E-state index is 0.0125. The maximum Gasteiger partial charge on any atom is 0.269 e. The van der Waals surface area contributed by atoms with Gasteiger partial charge in [0.25, 0.3) is 5.91 Å². The summed E-state index contributed by atoms with van der Waals surface area (Å²) in [5.74, 6) is 0.730. The number of ether oxygens (including phenoxy) is 1. The summed E-state index contributed by atoms with van der Waals surface area (Å²) >= 11 is 2.98. The number of carbonyl (C=O) groups is 2. The average Bonchev–Trinajstić information content (AvgIpc) is 3.29. The highest BCUT2D eigenvalue weighted by Crippen LogP contribution is 2.51. The summed E-state index contributed by atoms with van der Waals surface area (Å²) in [6.07, 6.45) is 0. The molecule has 0 spiro atoms. The molecule has 1 saturated heterocycles. The van der Waals surface area contributed by atoms with Crippen LogP contribution in [-0.4, -0.2) is 42.0 Å². The van der Waals surface area contributed by atoms with Gasteiger partial charge in [-0.25, -0.2) is 4.99 Å². The maximum absolute atomic E-state index is 13.3. The number of carbonyl (C=O) groups excluding carboxylic acids is 2. The van der Waals surface area contributed by atoms with Gasteiger partial charge in [0.1, 0.15) is 15.7 Å². The molecule has 0 N–H and O–H groups in total. The van der Waals surface area contributed by atoms with Gasteiger partial charge >= 0.3 is 0 Å². The van der Waals surface area contributed by atoms with Crippen LogP contribution in [0, 0.1) is 0 Å². The maximum atomic E-state index is 13.3. The number of thioether (sulfide) groups is 2. The number of anilines is 1. The van der Waals surface area contributed by atoms with Gasteiger partial charge in [-0.1, -0.05) is 23.9 Å². The van der Waals surface area contributed by atoms with E-state index in [-0.39, 0.29) is 11.7 Å². The van der Waals surface area contributed by atoms with E-state index in [1.165, 1.54) is 18.7 Å². The second kappa shape index (κ2) is 8.80. The molecule has 8 heteroatoms. The quantitative estimate of drug-likeness (QED) is 0.453. The van der Waals surface area contributed by atoms with Gasteiger partial charge in [0.2, 0.25) is 0 Å². The number of rotatable bonds is 5. The van der Waals surface area contributed by atoms with Crippen molar-refractivity contribution in [1.29, 1.82) is 0 Å². The molecule has 6 nitrogen and oxygen atoms in total. The molecule has 0 radical (unpaired) electrons. The van der Waals surface area contributed by atoms with Crippen LogP contribution >= 0.6 is 23.5 Å². The summed E-state index contributed by atoms with van der Waals surface area (Å²) in [7, 11) is 1.65. The number of aliphatic imine (C=N–C) groups is 1. The summed E-state index contributed by atoms with van der Waals surface area (Å²) in [6.45, 7) is 6.79. The minimum Gasteiger partial charge on any atom is -0.497 e. The first-order valence-electron chi connectivity index (χ1n) is 10.0. The monoisotopic (exact) mass is 453 g/mol. The third kappa shape index (κ3) is 3.97. The predicted molar refractivity (Wildman–Crippen MR) is 127 cm³/mol. The zero-order chi connectivity index (χ0) is 22.1. The normalized spacial score (nSPS) is 19.4. The number of fused-ring (bicyclic) bond motifs is 1. The van der Waals surface area contributed by atoms with Gasteiger partial charge in [-0.05, 0) is 56.8 Å². The van der Waals surface area contributed by atoms with Crippen molar-refractivity contribution < 1.29 is 14.3 Å². The molecule has 1 fully saturated rings. The summed E-state index contributed by atoms with van der Waals surface area (Å²) in [5.41, 5.74) is 2.31. The van der Waals surface area contributed by atoms with Gasteiger partial charge < -0.3 is 9.64 Å². The molecular formula is C23H23N3O3S2. The molecule has 2 heterocycles. The molecule has 2 aliphatic heterocycles. The van der Waals surface area contributed by atoms with Crippen LogP contribution in [0.25, 0.3) is 0 Å². The van der Waals surface area contributed by atoms with Crippen LogP contribution in [0.3, 0.4) is 0 Å². The van der Waals surface area contributed by atoms with E-state index in [1.807, 2.05) is 37.3 Å². The van der Waals surface area contributed by atoms with Crippen LogP contribution in [0.2, 0.25) is 0 Å². The summed E-state index contributed by atoms with van der Waals surface area (Å²) in [6, 6.07) is 13.1. The van der Waals surface area contributed by atoms with E-state index in [1.54, 1.807) is 35.9 Å². The Morgan fingerprint density at radius 3 is 2.52 bits per heavy atom. The average molecular weight is 454 g/mol. The van der Waals surface area contributed by atoms with Crippen molar-refractivity contribution >= 4 is 51.8 Å². The van der Waals surface area contributed by atoms with Gasteiger partial charge in [0.15, 0.2) is 11.0 Å². The fraction of sp³-hybridized carbons (Fsp3) is 0.261. The van der Waals surface area contributed by atoms with Crippen LogP contribution in [-0.2, 0) is 4.79 Å². The van der Waals surface area contributed by atoms with E-state index in [0.717, 1.165) is 27.9 Å². The van der Waals surface area contributed by atoms with Gasteiger partial charge in [-0.15, -0.1) is 0 Å².